The second-order valence-electron chi connectivity index (χ2n) is 7.26. The number of nitrogens with zero attached hydrogens (tertiary/aromatic N) is 1. The lowest BCUT2D eigenvalue weighted by Gasteiger charge is -2.40. The van der Waals surface area contributed by atoms with E-state index in [-0.39, 0.29) is 11.9 Å². The second-order valence-corrected chi connectivity index (χ2v) is 8.14. The molecule has 1 aliphatic carbocycles. The van der Waals surface area contributed by atoms with E-state index in [1.165, 1.54) is 36.1 Å². The van der Waals surface area contributed by atoms with Gasteiger partial charge in [-0.15, -0.1) is 0 Å². The van der Waals surface area contributed by atoms with E-state index in [4.69, 9.17) is 0 Å². The topological polar surface area (TPSA) is 44.4 Å². The summed E-state index contributed by atoms with van der Waals surface area (Å²) in [4.78, 5) is 15.9. The van der Waals surface area contributed by atoms with Gasteiger partial charge in [0, 0.05) is 16.6 Å². The highest BCUT2D eigenvalue weighted by molar-refractivity contribution is 8.00. The summed E-state index contributed by atoms with van der Waals surface area (Å²) in [6.07, 6.45) is 4.86. The Morgan fingerprint density at radius 3 is 2.58 bits per heavy atom. The summed E-state index contributed by atoms with van der Waals surface area (Å²) < 4.78 is 3.45. The van der Waals surface area contributed by atoms with Crippen molar-refractivity contribution in [1.29, 1.82) is 0 Å². The molecule has 1 heterocycles. The summed E-state index contributed by atoms with van der Waals surface area (Å²) in [6, 6.07) is 15.1. The third-order valence-corrected chi connectivity index (χ3v) is 6.20. The highest BCUT2D eigenvalue weighted by Gasteiger charge is 2.35. The summed E-state index contributed by atoms with van der Waals surface area (Å²) in [6.45, 7) is 4.11. The van der Waals surface area contributed by atoms with Crippen LogP contribution in [0.5, 0.6) is 0 Å². The van der Waals surface area contributed by atoms with E-state index in [2.05, 4.69) is 52.2 Å². The molecule has 1 unspecified atom stereocenters. The first kappa shape index (κ1) is 17.3. The predicted octanol–water partition coefficient (Wildman–Crippen LogP) is 5.20. The molecule has 4 nitrogen and oxygen atoms in total. The molecule has 2 aromatic carbocycles. The van der Waals surface area contributed by atoms with Gasteiger partial charge >= 0.3 is 0 Å². The van der Waals surface area contributed by atoms with Gasteiger partial charge in [-0.1, -0.05) is 30.5 Å². The maximum atomic E-state index is 12.4. The molecule has 0 bridgehead atoms. The number of amides is 1. The number of nitrogens with one attached hydrogen (secondary N) is 2. The predicted molar refractivity (Wildman–Crippen MR) is 110 cm³/mol. The average molecular weight is 368 g/mol. The van der Waals surface area contributed by atoms with E-state index in [1.54, 1.807) is 11.9 Å². The highest BCUT2D eigenvalue weighted by Crippen LogP contribution is 2.40. The molecule has 2 N–H and O–H groups in total. The summed E-state index contributed by atoms with van der Waals surface area (Å²) in [5.41, 5.74) is 4.38. The van der Waals surface area contributed by atoms with Crippen LogP contribution in [0.4, 0.5) is 17.1 Å². The maximum Gasteiger partial charge on any atom is 0.246 e. The Bertz CT molecular complexity index is 799. The van der Waals surface area contributed by atoms with Crippen LogP contribution in [0.1, 0.15) is 38.2 Å². The van der Waals surface area contributed by atoms with Crippen LogP contribution in [-0.4, -0.2) is 18.0 Å². The van der Waals surface area contributed by atoms with Gasteiger partial charge in [-0.25, -0.2) is 0 Å². The highest BCUT2D eigenvalue weighted by atomic mass is 32.2. The molecule has 1 amide bonds. The van der Waals surface area contributed by atoms with Crippen molar-refractivity contribution in [2.75, 3.05) is 14.9 Å². The molecule has 1 fully saturated rings. The minimum Gasteiger partial charge on any atom is -0.355 e. The molecule has 0 aromatic heterocycles. The van der Waals surface area contributed by atoms with E-state index in [1.807, 2.05) is 19.1 Å². The average Bonchev–Trinajstić information content (AvgIpc) is 3.16. The number of anilines is 3. The van der Waals surface area contributed by atoms with E-state index < -0.39 is 0 Å². The number of carbonyl (C=O) groups excluding carboxylic acids is 1. The lowest BCUT2D eigenvalue weighted by Crippen LogP contribution is -2.50. The van der Waals surface area contributed by atoms with Gasteiger partial charge < -0.3 is 14.9 Å². The van der Waals surface area contributed by atoms with Gasteiger partial charge in [0.2, 0.25) is 5.91 Å². The van der Waals surface area contributed by atoms with Crippen LogP contribution in [0.25, 0.3) is 0 Å². The minimum absolute atomic E-state index is 0.0964. The lowest BCUT2D eigenvalue weighted by molar-refractivity contribution is -0.117. The van der Waals surface area contributed by atoms with Crippen LogP contribution >= 0.6 is 11.9 Å². The standard InChI is InChI=1S/C21H25N3OS/c1-14-7-10-18(11-8-14)26-23-16-9-12-19-20(13-16)24(15(2)21(25)22-19)17-5-3-4-6-17/h7-13,15,17,23H,3-6H2,1-2H3,(H,22,25). The molecule has 1 saturated carbocycles. The third kappa shape index (κ3) is 3.40. The first-order valence-electron chi connectivity index (χ1n) is 9.34. The van der Waals surface area contributed by atoms with Gasteiger partial charge in [0.25, 0.3) is 0 Å². The Balaban J connectivity index is 1.57. The van der Waals surface area contributed by atoms with Crippen molar-refractivity contribution >= 4 is 34.9 Å². The first-order chi connectivity index (χ1) is 12.6. The Morgan fingerprint density at radius 1 is 1.12 bits per heavy atom. The molecule has 1 aliphatic heterocycles. The van der Waals surface area contributed by atoms with Crippen molar-refractivity contribution in [3.05, 3.63) is 48.0 Å². The van der Waals surface area contributed by atoms with Gasteiger partial charge in [0.1, 0.15) is 6.04 Å². The van der Waals surface area contributed by atoms with E-state index in [0.29, 0.717) is 6.04 Å². The molecule has 1 atom stereocenters. The zero-order chi connectivity index (χ0) is 18.1. The van der Waals surface area contributed by atoms with E-state index in [9.17, 15) is 4.79 Å². The molecule has 0 spiro atoms. The molecule has 2 aromatic rings. The zero-order valence-electron chi connectivity index (χ0n) is 15.3. The number of benzene rings is 2. The number of fused-ring (bicyclic) bond motifs is 1. The minimum atomic E-state index is -0.120. The monoisotopic (exact) mass is 367 g/mol. The van der Waals surface area contributed by atoms with Gasteiger partial charge in [-0.3, -0.25) is 4.79 Å². The molecule has 4 rings (SSSR count). The van der Waals surface area contributed by atoms with Crippen molar-refractivity contribution in [2.24, 2.45) is 0 Å². The number of rotatable bonds is 4. The van der Waals surface area contributed by atoms with Crippen LogP contribution in [0.2, 0.25) is 0 Å². The number of hydrogen-bond donors (Lipinski definition) is 2. The fourth-order valence-electron chi connectivity index (χ4n) is 3.91. The van der Waals surface area contributed by atoms with E-state index >= 15 is 0 Å². The molecular weight excluding hydrogens is 342 g/mol. The van der Waals surface area contributed by atoms with Gasteiger partial charge in [0.15, 0.2) is 0 Å². The smallest absolute Gasteiger partial charge is 0.246 e. The molecule has 0 saturated heterocycles. The quantitative estimate of drug-likeness (QED) is 0.729. The molecular formula is C21H25N3OS. The molecule has 0 radical (unpaired) electrons. The molecule has 5 heteroatoms. The fourth-order valence-corrected chi connectivity index (χ4v) is 4.54. The Kier molecular flexibility index (Phi) is 4.81. The zero-order valence-corrected chi connectivity index (χ0v) is 16.1. The summed E-state index contributed by atoms with van der Waals surface area (Å²) in [5, 5.41) is 3.06. The van der Waals surface area contributed by atoms with Gasteiger partial charge in [-0.05, 0) is 69.0 Å². The Labute approximate surface area is 159 Å². The first-order valence-corrected chi connectivity index (χ1v) is 10.2. The maximum absolute atomic E-state index is 12.4. The summed E-state index contributed by atoms with van der Waals surface area (Å²) >= 11 is 1.61. The number of carbonyl (C=O) groups is 1. The Morgan fingerprint density at radius 2 is 1.85 bits per heavy atom. The fraction of sp³-hybridized carbons (Fsp3) is 0.381. The third-order valence-electron chi connectivity index (χ3n) is 5.36. The molecule has 26 heavy (non-hydrogen) atoms. The van der Waals surface area contributed by atoms with Gasteiger partial charge in [0.05, 0.1) is 11.4 Å². The van der Waals surface area contributed by atoms with Crippen molar-refractivity contribution in [1.82, 2.24) is 0 Å². The van der Waals surface area contributed by atoms with Gasteiger partial charge in [-0.2, -0.15) is 0 Å². The van der Waals surface area contributed by atoms with Crippen molar-refractivity contribution in [3.8, 4) is 0 Å². The summed E-state index contributed by atoms with van der Waals surface area (Å²) in [5.74, 6) is 0.0964. The number of hydrogen-bond acceptors (Lipinski definition) is 4. The van der Waals surface area contributed by atoms with E-state index in [0.717, 1.165) is 17.1 Å². The number of aryl methyl sites for hydroxylation is 1. The normalized spacial score (nSPS) is 20.0. The van der Waals surface area contributed by atoms with Crippen LogP contribution in [0, 0.1) is 6.92 Å². The lowest BCUT2D eigenvalue weighted by atomic mass is 10.0. The van der Waals surface area contributed by atoms with Crippen LogP contribution in [-0.2, 0) is 4.79 Å². The molecule has 136 valence electrons. The largest absolute Gasteiger partial charge is 0.355 e. The molecule has 2 aliphatic rings. The van der Waals surface area contributed by atoms with Crippen LogP contribution in [0.15, 0.2) is 47.4 Å². The SMILES string of the molecule is Cc1ccc(SNc2ccc3c(c2)N(C2CCCC2)C(C)C(=O)N3)cc1. The van der Waals surface area contributed by atoms with Crippen molar-refractivity contribution < 1.29 is 4.79 Å². The summed E-state index contributed by atoms with van der Waals surface area (Å²) in [7, 11) is 0. The second kappa shape index (κ2) is 7.23. The van der Waals surface area contributed by atoms with Crippen LogP contribution < -0.4 is 14.9 Å². The van der Waals surface area contributed by atoms with Crippen molar-refractivity contribution in [3.63, 3.8) is 0 Å². The Hall–Kier alpha value is -2.14. The van der Waals surface area contributed by atoms with Crippen LogP contribution in [0.3, 0.4) is 0 Å². The van der Waals surface area contributed by atoms with Crippen molar-refractivity contribution in [2.45, 2.75) is 56.5 Å².